The van der Waals surface area contributed by atoms with Crippen LogP contribution in [0.25, 0.3) is 11.1 Å². The maximum atomic E-state index is 13.3. The third-order valence-electron chi connectivity index (χ3n) is 3.97. The SMILES string of the molecule is O=C(c1cccc(Cl)c1Cl)N(c1ccccc1)c1ccc2ocnc2c1. The van der Waals surface area contributed by atoms with Crippen LogP contribution in [0.3, 0.4) is 0 Å². The molecule has 0 radical (unpaired) electrons. The van der Waals surface area contributed by atoms with E-state index in [4.69, 9.17) is 27.6 Å². The van der Waals surface area contributed by atoms with Crippen molar-refractivity contribution in [3.05, 3.63) is 88.7 Å². The van der Waals surface area contributed by atoms with E-state index in [9.17, 15) is 4.79 Å². The molecule has 3 aromatic carbocycles. The summed E-state index contributed by atoms with van der Waals surface area (Å²) in [7, 11) is 0. The minimum absolute atomic E-state index is 0.225. The first-order chi connectivity index (χ1) is 12.6. The lowest BCUT2D eigenvalue weighted by Gasteiger charge is -2.23. The topological polar surface area (TPSA) is 46.3 Å². The molecule has 0 N–H and O–H groups in total. The molecule has 1 heterocycles. The summed E-state index contributed by atoms with van der Waals surface area (Å²) in [6, 6.07) is 19.7. The van der Waals surface area contributed by atoms with Gasteiger partial charge in [0, 0.05) is 5.69 Å². The van der Waals surface area contributed by atoms with Gasteiger partial charge < -0.3 is 4.42 Å². The fourth-order valence-corrected chi connectivity index (χ4v) is 3.12. The van der Waals surface area contributed by atoms with Gasteiger partial charge in [-0.1, -0.05) is 47.5 Å². The standard InChI is InChI=1S/C20H12Cl2N2O2/c21-16-8-4-7-15(19(16)22)20(25)24(13-5-2-1-3-6-13)14-9-10-18-17(11-14)23-12-26-18/h1-12H. The van der Waals surface area contributed by atoms with Gasteiger partial charge in [-0.2, -0.15) is 0 Å². The number of benzene rings is 3. The van der Waals surface area contributed by atoms with Gasteiger partial charge in [0.15, 0.2) is 12.0 Å². The lowest BCUT2D eigenvalue weighted by Crippen LogP contribution is -2.26. The van der Waals surface area contributed by atoms with E-state index >= 15 is 0 Å². The average molecular weight is 383 g/mol. The number of nitrogens with zero attached hydrogens (tertiary/aromatic N) is 2. The van der Waals surface area contributed by atoms with Crippen LogP contribution in [0.15, 0.2) is 77.5 Å². The molecule has 0 unspecified atom stereocenters. The molecule has 0 fully saturated rings. The zero-order valence-corrected chi connectivity index (χ0v) is 14.9. The van der Waals surface area contributed by atoms with E-state index in [2.05, 4.69) is 4.98 Å². The molecule has 4 rings (SSSR count). The van der Waals surface area contributed by atoms with Crippen LogP contribution in [0, 0.1) is 0 Å². The second-order valence-corrected chi connectivity index (χ2v) is 6.37. The number of halogens is 2. The molecule has 0 aliphatic carbocycles. The summed E-state index contributed by atoms with van der Waals surface area (Å²) in [5, 5.41) is 0.556. The molecule has 0 aliphatic rings. The predicted octanol–water partition coefficient (Wildman–Crippen LogP) is 6.11. The van der Waals surface area contributed by atoms with Crippen molar-refractivity contribution in [1.29, 1.82) is 0 Å². The van der Waals surface area contributed by atoms with Gasteiger partial charge >= 0.3 is 0 Å². The molecule has 26 heavy (non-hydrogen) atoms. The summed E-state index contributed by atoms with van der Waals surface area (Å²) < 4.78 is 5.29. The maximum absolute atomic E-state index is 13.3. The minimum atomic E-state index is -0.286. The average Bonchev–Trinajstić information content (AvgIpc) is 3.13. The smallest absolute Gasteiger partial charge is 0.264 e. The number of aromatic nitrogens is 1. The van der Waals surface area contributed by atoms with Crippen molar-refractivity contribution < 1.29 is 9.21 Å². The highest BCUT2D eigenvalue weighted by molar-refractivity contribution is 6.44. The van der Waals surface area contributed by atoms with E-state index in [1.54, 1.807) is 41.3 Å². The van der Waals surface area contributed by atoms with Crippen LogP contribution in [0.4, 0.5) is 11.4 Å². The third kappa shape index (κ3) is 2.94. The fourth-order valence-electron chi connectivity index (χ4n) is 2.74. The summed E-state index contributed by atoms with van der Waals surface area (Å²) in [4.78, 5) is 19.1. The van der Waals surface area contributed by atoms with Crippen molar-refractivity contribution in [2.75, 3.05) is 4.90 Å². The Hall–Kier alpha value is -2.82. The van der Waals surface area contributed by atoms with Gasteiger partial charge in [0.2, 0.25) is 0 Å². The van der Waals surface area contributed by atoms with Crippen molar-refractivity contribution in [3.63, 3.8) is 0 Å². The van der Waals surface area contributed by atoms with Gasteiger partial charge in [-0.3, -0.25) is 9.69 Å². The van der Waals surface area contributed by atoms with Crippen LogP contribution in [-0.4, -0.2) is 10.9 Å². The zero-order chi connectivity index (χ0) is 18.1. The molecule has 0 saturated heterocycles. The summed E-state index contributed by atoms with van der Waals surface area (Å²) in [5.41, 5.74) is 2.99. The Labute approximate surface area is 159 Å². The molecule has 0 spiro atoms. The monoisotopic (exact) mass is 382 g/mol. The Bertz CT molecular complexity index is 1090. The summed E-state index contributed by atoms with van der Waals surface area (Å²) in [6.07, 6.45) is 1.37. The number of oxazole rings is 1. The van der Waals surface area contributed by atoms with E-state index in [1.807, 2.05) is 30.3 Å². The highest BCUT2D eigenvalue weighted by atomic mass is 35.5. The number of hydrogen-bond donors (Lipinski definition) is 0. The van der Waals surface area contributed by atoms with Gasteiger partial charge in [-0.05, 0) is 42.5 Å². The van der Waals surface area contributed by atoms with Crippen LogP contribution in [0.2, 0.25) is 10.0 Å². The maximum Gasteiger partial charge on any atom is 0.264 e. The molecular formula is C20H12Cl2N2O2. The Morgan fingerprint density at radius 1 is 0.923 bits per heavy atom. The fraction of sp³-hybridized carbons (Fsp3) is 0. The lowest BCUT2D eigenvalue weighted by atomic mass is 10.1. The molecule has 128 valence electrons. The van der Waals surface area contributed by atoms with Gasteiger partial charge in [0.1, 0.15) is 5.52 Å². The summed E-state index contributed by atoms with van der Waals surface area (Å²) >= 11 is 12.4. The highest BCUT2D eigenvalue weighted by Crippen LogP contribution is 2.33. The van der Waals surface area contributed by atoms with Crippen LogP contribution in [0.5, 0.6) is 0 Å². The molecule has 0 aliphatic heterocycles. The molecule has 4 nitrogen and oxygen atoms in total. The van der Waals surface area contributed by atoms with Crippen LogP contribution < -0.4 is 4.90 Å². The second kappa shape index (κ2) is 6.83. The Kier molecular flexibility index (Phi) is 4.37. The van der Waals surface area contributed by atoms with E-state index in [1.165, 1.54) is 6.39 Å². The van der Waals surface area contributed by atoms with Crippen molar-refractivity contribution in [2.45, 2.75) is 0 Å². The molecular weight excluding hydrogens is 371 g/mol. The zero-order valence-electron chi connectivity index (χ0n) is 13.4. The van der Waals surface area contributed by atoms with E-state index in [0.29, 0.717) is 33.1 Å². The third-order valence-corrected chi connectivity index (χ3v) is 4.79. The predicted molar refractivity (Wildman–Crippen MR) is 103 cm³/mol. The van der Waals surface area contributed by atoms with Gasteiger partial charge in [0.05, 0.1) is 21.3 Å². The number of para-hydroxylation sites is 1. The molecule has 1 aromatic heterocycles. The number of amides is 1. The number of fused-ring (bicyclic) bond motifs is 1. The van der Waals surface area contributed by atoms with E-state index in [0.717, 1.165) is 0 Å². The number of anilines is 2. The van der Waals surface area contributed by atoms with Crippen LogP contribution >= 0.6 is 23.2 Å². The quantitative estimate of drug-likeness (QED) is 0.429. The molecule has 6 heteroatoms. The van der Waals surface area contributed by atoms with Crippen LogP contribution in [-0.2, 0) is 0 Å². The van der Waals surface area contributed by atoms with Crippen LogP contribution in [0.1, 0.15) is 10.4 Å². The molecule has 4 aromatic rings. The highest BCUT2D eigenvalue weighted by Gasteiger charge is 2.23. The molecule has 0 atom stereocenters. The van der Waals surface area contributed by atoms with Gasteiger partial charge in [-0.15, -0.1) is 0 Å². The minimum Gasteiger partial charge on any atom is -0.443 e. The Morgan fingerprint density at radius 2 is 1.73 bits per heavy atom. The number of hydrogen-bond acceptors (Lipinski definition) is 3. The molecule has 0 saturated carbocycles. The molecule has 1 amide bonds. The number of carbonyl (C=O) groups excluding carboxylic acids is 1. The number of rotatable bonds is 3. The lowest BCUT2D eigenvalue weighted by molar-refractivity contribution is 0.0999. The van der Waals surface area contributed by atoms with Gasteiger partial charge in [0.25, 0.3) is 5.91 Å². The molecule has 0 bridgehead atoms. The Balaban J connectivity index is 1.88. The largest absolute Gasteiger partial charge is 0.443 e. The summed E-state index contributed by atoms with van der Waals surface area (Å²) in [5.74, 6) is -0.286. The van der Waals surface area contributed by atoms with Crippen molar-refractivity contribution in [3.8, 4) is 0 Å². The van der Waals surface area contributed by atoms with Crippen molar-refractivity contribution in [2.24, 2.45) is 0 Å². The number of carbonyl (C=O) groups is 1. The van der Waals surface area contributed by atoms with E-state index in [-0.39, 0.29) is 10.9 Å². The van der Waals surface area contributed by atoms with Gasteiger partial charge in [-0.25, -0.2) is 4.98 Å². The van der Waals surface area contributed by atoms with Crippen molar-refractivity contribution >= 4 is 51.6 Å². The first-order valence-corrected chi connectivity index (χ1v) is 8.57. The second-order valence-electron chi connectivity index (χ2n) is 5.58. The summed E-state index contributed by atoms with van der Waals surface area (Å²) in [6.45, 7) is 0. The normalized spacial score (nSPS) is 10.8. The first-order valence-electron chi connectivity index (χ1n) is 7.82. The van der Waals surface area contributed by atoms with Crippen molar-refractivity contribution in [1.82, 2.24) is 4.98 Å². The van der Waals surface area contributed by atoms with E-state index < -0.39 is 0 Å². The first kappa shape index (κ1) is 16.6. The Morgan fingerprint density at radius 3 is 2.54 bits per heavy atom.